The number of nitrogens with one attached hydrogen (secondary N) is 1. The van der Waals surface area contributed by atoms with Crippen molar-refractivity contribution in [3.63, 3.8) is 0 Å². The van der Waals surface area contributed by atoms with Crippen LogP contribution in [0.5, 0.6) is 0 Å². The molecule has 1 N–H and O–H groups in total. The topological polar surface area (TPSA) is 62.5 Å². The first-order valence-corrected chi connectivity index (χ1v) is 5.82. The highest BCUT2D eigenvalue weighted by Crippen LogP contribution is 2.13. The molecule has 4 nitrogen and oxygen atoms in total. The minimum Gasteiger partial charge on any atom is -0.399 e. The van der Waals surface area contributed by atoms with Gasteiger partial charge in [-0.25, -0.2) is 0 Å². The van der Waals surface area contributed by atoms with Crippen molar-refractivity contribution in [1.29, 1.82) is 5.41 Å². The summed E-state index contributed by atoms with van der Waals surface area (Å²) < 4.78 is 0. The number of carbonyl (C=O) groups is 1. The predicted molar refractivity (Wildman–Crippen MR) is 73.1 cm³/mol. The summed E-state index contributed by atoms with van der Waals surface area (Å²) in [7, 11) is 1.41. The summed E-state index contributed by atoms with van der Waals surface area (Å²) >= 11 is 0. The molecule has 1 aliphatic carbocycles. The number of hydrogen-bond donors (Lipinski definition) is 1. The van der Waals surface area contributed by atoms with Crippen LogP contribution in [0.15, 0.2) is 40.6 Å². The van der Waals surface area contributed by atoms with Crippen LogP contribution in [0, 0.1) is 5.41 Å². The normalized spacial score (nSPS) is 14.8. The smallest absolute Gasteiger partial charge is 0.205 e. The van der Waals surface area contributed by atoms with Crippen molar-refractivity contribution in [2.75, 3.05) is 7.11 Å². The number of oxime groups is 1. The summed E-state index contributed by atoms with van der Waals surface area (Å²) in [5.74, 6) is -0.356. The molecular formula is C14H18N2O2. The van der Waals surface area contributed by atoms with Crippen molar-refractivity contribution in [1.82, 2.24) is 0 Å². The summed E-state index contributed by atoms with van der Waals surface area (Å²) in [6, 6.07) is 0. The van der Waals surface area contributed by atoms with Crippen molar-refractivity contribution in [3.05, 3.63) is 35.5 Å². The molecule has 0 saturated heterocycles. The van der Waals surface area contributed by atoms with Crippen LogP contribution < -0.4 is 0 Å². The summed E-state index contributed by atoms with van der Waals surface area (Å²) in [6.07, 6.45) is 9.12. The summed E-state index contributed by atoms with van der Waals surface area (Å²) in [6.45, 7) is 3.64. The Balaban J connectivity index is 3.00. The highest BCUT2D eigenvalue weighted by atomic mass is 16.6. The van der Waals surface area contributed by atoms with Gasteiger partial charge in [0, 0.05) is 5.57 Å². The maximum absolute atomic E-state index is 11.8. The Bertz CT molecular complexity index is 464. The molecule has 1 aliphatic rings. The van der Waals surface area contributed by atoms with Gasteiger partial charge < -0.3 is 4.84 Å². The number of carbonyl (C=O) groups excluding carboxylic acids is 1. The lowest BCUT2D eigenvalue weighted by molar-refractivity contribution is -0.108. The molecular weight excluding hydrogens is 228 g/mol. The molecule has 0 aromatic carbocycles. The fourth-order valence-corrected chi connectivity index (χ4v) is 1.57. The van der Waals surface area contributed by atoms with Crippen LogP contribution in [0.3, 0.4) is 0 Å². The van der Waals surface area contributed by atoms with Crippen LogP contribution in [-0.4, -0.2) is 24.3 Å². The minimum absolute atomic E-state index is 0.143. The maximum atomic E-state index is 11.8. The number of rotatable bonds is 5. The molecule has 0 aromatic heterocycles. The number of nitrogens with zero attached hydrogens (tertiary/aromatic N) is 1. The molecule has 18 heavy (non-hydrogen) atoms. The Labute approximate surface area is 107 Å². The third-order valence-corrected chi connectivity index (χ3v) is 2.35. The Kier molecular flexibility index (Phi) is 5.24. The van der Waals surface area contributed by atoms with Gasteiger partial charge in [0.2, 0.25) is 5.78 Å². The molecule has 4 heteroatoms. The van der Waals surface area contributed by atoms with Crippen LogP contribution in [-0.2, 0) is 9.63 Å². The predicted octanol–water partition coefficient (Wildman–Crippen LogP) is 2.82. The zero-order chi connectivity index (χ0) is 13.5. The maximum Gasteiger partial charge on any atom is 0.205 e. The zero-order valence-electron chi connectivity index (χ0n) is 11.0. The molecule has 0 spiro atoms. The molecule has 0 fully saturated rings. The first kappa shape index (κ1) is 14.1. The third-order valence-electron chi connectivity index (χ3n) is 2.35. The molecule has 0 radical (unpaired) electrons. The molecule has 0 amide bonds. The van der Waals surface area contributed by atoms with E-state index in [1.54, 1.807) is 0 Å². The van der Waals surface area contributed by atoms with Gasteiger partial charge in [0.25, 0.3) is 0 Å². The van der Waals surface area contributed by atoms with E-state index in [2.05, 4.69) is 5.16 Å². The lowest BCUT2D eigenvalue weighted by Gasteiger charge is -2.09. The van der Waals surface area contributed by atoms with E-state index in [1.165, 1.54) is 13.2 Å². The van der Waals surface area contributed by atoms with Gasteiger partial charge in [0.15, 0.2) is 0 Å². The Morgan fingerprint density at radius 1 is 1.44 bits per heavy atom. The molecule has 1 rings (SSSR count). The van der Waals surface area contributed by atoms with Gasteiger partial charge in [-0.2, -0.15) is 0 Å². The number of hydrogen-bond acceptors (Lipinski definition) is 4. The first-order chi connectivity index (χ1) is 8.56. The highest BCUT2D eigenvalue weighted by Gasteiger charge is 2.18. The van der Waals surface area contributed by atoms with Gasteiger partial charge in [0.05, 0.1) is 0 Å². The lowest BCUT2D eigenvalue weighted by Crippen LogP contribution is -2.24. The minimum atomic E-state index is -0.356. The highest BCUT2D eigenvalue weighted by molar-refractivity contribution is 6.71. The second kappa shape index (κ2) is 6.69. The number of allylic oxidation sites excluding steroid dienone is 6. The molecule has 0 unspecified atom stereocenters. The second-order valence-corrected chi connectivity index (χ2v) is 4.22. The average Bonchev–Trinajstić information content (AvgIpc) is 2.35. The molecule has 0 saturated carbocycles. The summed E-state index contributed by atoms with van der Waals surface area (Å²) in [4.78, 5) is 16.6. The molecule has 0 heterocycles. The van der Waals surface area contributed by atoms with E-state index < -0.39 is 0 Å². The van der Waals surface area contributed by atoms with Crippen molar-refractivity contribution in [2.45, 2.75) is 26.7 Å². The average molecular weight is 246 g/mol. The van der Waals surface area contributed by atoms with Gasteiger partial charge in [-0.3, -0.25) is 10.2 Å². The van der Waals surface area contributed by atoms with Crippen LogP contribution in [0.1, 0.15) is 26.7 Å². The zero-order valence-corrected chi connectivity index (χ0v) is 11.0. The van der Waals surface area contributed by atoms with E-state index >= 15 is 0 Å². The van der Waals surface area contributed by atoms with E-state index in [1.807, 2.05) is 32.1 Å². The van der Waals surface area contributed by atoms with E-state index in [-0.39, 0.29) is 17.2 Å². The second-order valence-electron chi connectivity index (χ2n) is 4.22. The van der Waals surface area contributed by atoms with E-state index in [0.717, 1.165) is 24.0 Å². The third kappa shape index (κ3) is 3.80. The van der Waals surface area contributed by atoms with Crippen LogP contribution >= 0.6 is 0 Å². The first-order valence-electron chi connectivity index (χ1n) is 5.82. The van der Waals surface area contributed by atoms with Gasteiger partial charge in [-0.1, -0.05) is 29.0 Å². The summed E-state index contributed by atoms with van der Waals surface area (Å²) in [5.41, 5.74) is 1.77. The largest absolute Gasteiger partial charge is 0.399 e. The van der Waals surface area contributed by atoms with E-state index in [9.17, 15) is 4.79 Å². The standard InChI is InChI=1S/C14H18N2O2/c1-10(2)9-12(17)13(15)14(16-18-3)11-7-5-4-6-8-11/h5,7-9,15H,4,6H2,1-3H3/b15-13?,16-14-. The van der Waals surface area contributed by atoms with Gasteiger partial charge in [-0.15, -0.1) is 0 Å². The SMILES string of the molecule is CO/N=C(\C(=N)C(=O)C=C(C)C)C1=CCCC=C1. The van der Waals surface area contributed by atoms with Crippen molar-refractivity contribution in [2.24, 2.45) is 5.16 Å². The number of ketones is 1. The fraction of sp³-hybridized carbons (Fsp3) is 0.357. The fourth-order valence-electron chi connectivity index (χ4n) is 1.57. The van der Waals surface area contributed by atoms with Crippen LogP contribution in [0.4, 0.5) is 0 Å². The van der Waals surface area contributed by atoms with Crippen molar-refractivity contribution < 1.29 is 9.63 Å². The Hall–Kier alpha value is -1.97. The molecule has 96 valence electrons. The van der Waals surface area contributed by atoms with Gasteiger partial charge >= 0.3 is 0 Å². The Morgan fingerprint density at radius 2 is 2.17 bits per heavy atom. The van der Waals surface area contributed by atoms with Crippen LogP contribution in [0.2, 0.25) is 0 Å². The lowest BCUT2D eigenvalue weighted by atomic mass is 9.97. The summed E-state index contributed by atoms with van der Waals surface area (Å²) in [5, 5.41) is 11.7. The van der Waals surface area contributed by atoms with Crippen molar-refractivity contribution >= 4 is 17.2 Å². The van der Waals surface area contributed by atoms with Crippen molar-refractivity contribution in [3.8, 4) is 0 Å². The van der Waals surface area contributed by atoms with Gasteiger partial charge in [0.1, 0.15) is 18.5 Å². The molecule has 0 bridgehead atoms. The quantitative estimate of drug-likeness (QED) is 0.460. The van der Waals surface area contributed by atoms with E-state index in [4.69, 9.17) is 10.2 Å². The monoisotopic (exact) mass is 246 g/mol. The molecule has 0 atom stereocenters. The molecule has 0 aromatic rings. The van der Waals surface area contributed by atoms with Gasteiger partial charge in [-0.05, 0) is 32.8 Å². The van der Waals surface area contributed by atoms with Crippen LogP contribution in [0.25, 0.3) is 0 Å². The Morgan fingerprint density at radius 3 is 2.67 bits per heavy atom. The molecule has 0 aliphatic heterocycles. The van der Waals surface area contributed by atoms with E-state index in [0.29, 0.717) is 0 Å².